The molecule has 38 heavy (non-hydrogen) atoms. The number of fused-ring (bicyclic) bond motifs is 1. The van der Waals surface area contributed by atoms with E-state index in [1.807, 2.05) is 0 Å². The number of carbonyl (C=O) groups excluding carboxylic acids is 1. The van der Waals surface area contributed by atoms with Crippen molar-refractivity contribution < 1.29 is 31.8 Å². The highest BCUT2D eigenvalue weighted by Gasteiger charge is 2.26. The van der Waals surface area contributed by atoms with Crippen molar-refractivity contribution in [3.8, 4) is 23.3 Å². The second-order valence-electron chi connectivity index (χ2n) is 7.91. The number of aromatic nitrogens is 1. The van der Waals surface area contributed by atoms with Crippen LogP contribution in [0.1, 0.15) is 24.2 Å². The number of anilines is 1. The molecule has 0 fully saturated rings. The van der Waals surface area contributed by atoms with Gasteiger partial charge in [-0.2, -0.15) is 5.26 Å². The molecule has 196 valence electrons. The number of nitrogens with one attached hydrogen (secondary N) is 1. The molecular weight excluding hydrogens is 533 g/mol. The van der Waals surface area contributed by atoms with Crippen LogP contribution in [0.15, 0.2) is 59.5 Å². The van der Waals surface area contributed by atoms with Gasteiger partial charge in [0.1, 0.15) is 17.6 Å². The number of hydrogen-bond donors (Lipinski definition) is 1. The highest BCUT2D eigenvalue weighted by atomic mass is 32.2. The van der Waals surface area contributed by atoms with E-state index >= 15 is 0 Å². The number of nitrogens with zero attached hydrogens (tertiary/aromatic N) is 2. The average Bonchev–Trinajstić information content (AvgIpc) is 3.31. The van der Waals surface area contributed by atoms with Crippen molar-refractivity contribution in [2.45, 2.75) is 17.9 Å². The van der Waals surface area contributed by atoms with Crippen LogP contribution in [0.2, 0.25) is 0 Å². The number of rotatable bonds is 9. The van der Waals surface area contributed by atoms with Gasteiger partial charge < -0.3 is 14.2 Å². The number of thiazole rings is 1. The van der Waals surface area contributed by atoms with E-state index in [1.165, 1.54) is 68.9 Å². The van der Waals surface area contributed by atoms with Crippen LogP contribution in [-0.2, 0) is 14.6 Å². The first kappa shape index (κ1) is 26.8. The SMILES string of the molecule is CCS(=O)(=O)c1ccc(C(Oc2ccc(C#N)c(F)c2)C(=O)Nc2nc3cc(OC)c(OC)cc3s2)cc1. The van der Waals surface area contributed by atoms with Gasteiger partial charge >= 0.3 is 0 Å². The maximum absolute atomic E-state index is 14.2. The van der Waals surface area contributed by atoms with Gasteiger partial charge in [-0.15, -0.1) is 0 Å². The molecule has 3 aromatic carbocycles. The van der Waals surface area contributed by atoms with Gasteiger partial charge in [-0.3, -0.25) is 10.1 Å². The highest BCUT2D eigenvalue weighted by molar-refractivity contribution is 7.91. The van der Waals surface area contributed by atoms with Crippen molar-refractivity contribution in [3.05, 3.63) is 71.5 Å². The Hall–Kier alpha value is -4.21. The lowest BCUT2D eigenvalue weighted by Crippen LogP contribution is -2.25. The smallest absolute Gasteiger partial charge is 0.271 e. The van der Waals surface area contributed by atoms with Crippen LogP contribution in [0, 0.1) is 17.1 Å². The van der Waals surface area contributed by atoms with E-state index in [1.54, 1.807) is 18.2 Å². The molecule has 4 aromatic rings. The van der Waals surface area contributed by atoms with Gasteiger partial charge in [0.05, 0.1) is 40.6 Å². The van der Waals surface area contributed by atoms with Crippen LogP contribution in [0.5, 0.6) is 17.2 Å². The van der Waals surface area contributed by atoms with Gasteiger partial charge in [-0.25, -0.2) is 17.8 Å². The standard InChI is InChI=1S/C26H22FN3O6S2/c1-4-38(32,33)18-9-6-15(7-10-18)24(36-17-8-5-16(14-28)19(27)11-17)25(31)30-26-29-20-12-21(34-2)22(35-3)13-23(20)37-26/h5-13,24H,4H2,1-3H3,(H,29,30,31). The molecule has 1 unspecified atom stereocenters. The molecule has 1 N–H and O–H groups in total. The second-order valence-corrected chi connectivity index (χ2v) is 11.2. The molecule has 12 heteroatoms. The summed E-state index contributed by atoms with van der Waals surface area (Å²) in [5, 5.41) is 12.0. The van der Waals surface area contributed by atoms with E-state index in [0.717, 1.165) is 10.8 Å². The molecule has 0 aliphatic heterocycles. The summed E-state index contributed by atoms with van der Waals surface area (Å²) in [7, 11) is -0.443. The Bertz CT molecular complexity index is 1610. The Morgan fingerprint density at radius 2 is 1.79 bits per heavy atom. The summed E-state index contributed by atoms with van der Waals surface area (Å²) < 4.78 is 55.9. The van der Waals surface area contributed by atoms with Crippen molar-refractivity contribution >= 4 is 42.4 Å². The summed E-state index contributed by atoms with van der Waals surface area (Å²) in [6.45, 7) is 1.53. The molecule has 1 amide bonds. The molecule has 4 rings (SSSR count). The van der Waals surface area contributed by atoms with E-state index in [0.29, 0.717) is 22.6 Å². The summed E-state index contributed by atoms with van der Waals surface area (Å²) in [6.07, 6.45) is -1.29. The van der Waals surface area contributed by atoms with Crippen molar-refractivity contribution in [3.63, 3.8) is 0 Å². The summed E-state index contributed by atoms with van der Waals surface area (Å²) in [5.74, 6) is -0.515. The molecule has 0 aliphatic carbocycles. The van der Waals surface area contributed by atoms with Crippen LogP contribution in [0.25, 0.3) is 10.2 Å². The maximum atomic E-state index is 14.2. The number of hydrogen-bond acceptors (Lipinski definition) is 9. The number of methoxy groups -OCH3 is 2. The van der Waals surface area contributed by atoms with Crippen LogP contribution >= 0.6 is 11.3 Å². The van der Waals surface area contributed by atoms with Gasteiger partial charge in [0.2, 0.25) is 6.10 Å². The van der Waals surface area contributed by atoms with Gasteiger partial charge in [0.25, 0.3) is 5.91 Å². The average molecular weight is 556 g/mol. The van der Waals surface area contributed by atoms with E-state index in [4.69, 9.17) is 19.5 Å². The van der Waals surface area contributed by atoms with E-state index in [-0.39, 0.29) is 27.1 Å². The quantitative estimate of drug-likeness (QED) is 0.310. The van der Waals surface area contributed by atoms with Gasteiger partial charge in [0, 0.05) is 23.8 Å². The predicted molar refractivity (Wildman–Crippen MR) is 140 cm³/mol. The number of sulfone groups is 1. The van der Waals surface area contributed by atoms with Crippen molar-refractivity contribution in [2.75, 3.05) is 25.3 Å². The lowest BCUT2D eigenvalue weighted by Gasteiger charge is -2.19. The molecular formula is C26H22FN3O6S2. The Kier molecular flexibility index (Phi) is 7.80. The summed E-state index contributed by atoms with van der Waals surface area (Å²) in [5.41, 5.74) is 0.725. The topological polar surface area (TPSA) is 128 Å². The van der Waals surface area contributed by atoms with Crippen LogP contribution in [-0.4, -0.2) is 39.3 Å². The van der Waals surface area contributed by atoms with Crippen LogP contribution in [0.3, 0.4) is 0 Å². The molecule has 1 aromatic heterocycles. The minimum atomic E-state index is -3.46. The molecule has 1 heterocycles. The first-order valence-electron chi connectivity index (χ1n) is 11.2. The normalized spacial score (nSPS) is 12.0. The Balaban J connectivity index is 1.68. The largest absolute Gasteiger partial charge is 0.493 e. The molecule has 9 nitrogen and oxygen atoms in total. The van der Waals surface area contributed by atoms with Gasteiger partial charge in [-0.05, 0) is 24.3 Å². The summed E-state index contributed by atoms with van der Waals surface area (Å²) >= 11 is 1.20. The van der Waals surface area contributed by atoms with Gasteiger partial charge in [-0.1, -0.05) is 30.4 Å². The second kappa shape index (κ2) is 11.0. The Labute approximate surface area is 222 Å². The zero-order valence-corrected chi connectivity index (χ0v) is 22.2. The number of halogens is 1. The van der Waals surface area contributed by atoms with Crippen LogP contribution < -0.4 is 19.5 Å². The summed E-state index contributed by atoms with van der Waals surface area (Å²) in [6, 6.07) is 14.4. The van der Waals surface area contributed by atoms with E-state index < -0.39 is 27.7 Å². The third-order valence-electron chi connectivity index (χ3n) is 5.60. The minimum absolute atomic E-state index is 0.00526. The molecule has 0 radical (unpaired) electrons. The fourth-order valence-electron chi connectivity index (χ4n) is 3.56. The van der Waals surface area contributed by atoms with Crippen molar-refractivity contribution in [2.24, 2.45) is 0 Å². The molecule has 0 spiro atoms. The van der Waals surface area contributed by atoms with Gasteiger partial charge in [0.15, 0.2) is 26.5 Å². The number of benzene rings is 3. The lowest BCUT2D eigenvalue weighted by atomic mass is 10.1. The Morgan fingerprint density at radius 1 is 1.11 bits per heavy atom. The van der Waals surface area contributed by atoms with Crippen LogP contribution in [0.4, 0.5) is 9.52 Å². The predicted octanol–water partition coefficient (Wildman–Crippen LogP) is 4.88. The minimum Gasteiger partial charge on any atom is -0.493 e. The zero-order chi connectivity index (χ0) is 27.4. The zero-order valence-electron chi connectivity index (χ0n) is 20.5. The fraction of sp³-hybridized carbons (Fsp3) is 0.192. The van der Waals surface area contributed by atoms with Crippen molar-refractivity contribution in [1.82, 2.24) is 4.98 Å². The fourth-order valence-corrected chi connectivity index (χ4v) is 5.33. The lowest BCUT2D eigenvalue weighted by molar-refractivity contribution is -0.123. The van der Waals surface area contributed by atoms with E-state index in [9.17, 15) is 17.6 Å². The molecule has 1 atom stereocenters. The molecule has 0 saturated heterocycles. The number of nitriles is 1. The summed E-state index contributed by atoms with van der Waals surface area (Å²) in [4.78, 5) is 17.9. The van der Waals surface area contributed by atoms with Crippen molar-refractivity contribution in [1.29, 1.82) is 5.26 Å². The third-order valence-corrected chi connectivity index (χ3v) is 8.28. The number of carbonyl (C=O) groups is 1. The first-order chi connectivity index (χ1) is 18.2. The highest BCUT2D eigenvalue weighted by Crippen LogP contribution is 2.36. The molecule has 0 bridgehead atoms. The number of ether oxygens (including phenoxy) is 3. The number of amides is 1. The monoisotopic (exact) mass is 555 g/mol. The van der Waals surface area contributed by atoms with E-state index in [2.05, 4.69) is 10.3 Å². The Morgan fingerprint density at radius 3 is 2.39 bits per heavy atom. The molecule has 0 saturated carbocycles. The first-order valence-corrected chi connectivity index (χ1v) is 13.7. The third kappa shape index (κ3) is 5.53. The molecule has 0 aliphatic rings. The maximum Gasteiger partial charge on any atom is 0.271 e.